The molecule has 3 atom stereocenters. The average molecular weight is 287 g/mol. The molecule has 2 heteroatoms. The fourth-order valence-corrected chi connectivity index (χ4v) is 3.11. The van der Waals surface area contributed by atoms with Crippen LogP contribution in [0.4, 0.5) is 0 Å². The van der Waals surface area contributed by atoms with Crippen LogP contribution in [0.15, 0.2) is 0 Å². The van der Waals surface area contributed by atoms with Gasteiger partial charge in [0, 0.05) is 5.92 Å². The van der Waals surface area contributed by atoms with Crippen molar-refractivity contribution in [2.75, 3.05) is 0 Å². The van der Waals surface area contributed by atoms with Crippen molar-refractivity contribution in [1.29, 1.82) is 0 Å². The Morgan fingerprint density at radius 1 is 0.750 bits per heavy atom. The lowest BCUT2D eigenvalue weighted by atomic mass is 9.80. The molecule has 0 amide bonds. The largest absolute Gasteiger partial charge is 0.393 e. The molecule has 3 unspecified atom stereocenters. The summed E-state index contributed by atoms with van der Waals surface area (Å²) in [7, 11) is 0. The van der Waals surface area contributed by atoms with E-state index in [2.05, 4.69) is 34.6 Å². The maximum Gasteiger partial charge on any atom is 0.0598 e. The summed E-state index contributed by atoms with van der Waals surface area (Å²) in [6.07, 6.45) is 8.40. The van der Waals surface area contributed by atoms with Crippen LogP contribution in [0.1, 0.15) is 86.0 Å². The summed E-state index contributed by atoms with van der Waals surface area (Å²) < 4.78 is 0. The van der Waals surface area contributed by atoms with E-state index >= 15 is 0 Å². The molecule has 0 bridgehead atoms. The first kappa shape index (κ1) is 19.9. The first-order valence-electron chi connectivity index (χ1n) is 8.76. The summed E-state index contributed by atoms with van der Waals surface area (Å²) in [5.74, 6) is 0.833. The van der Waals surface area contributed by atoms with Crippen LogP contribution in [0.3, 0.4) is 0 Å². The summed E-state index contributed by atoms with van der Waals surface area (Å²) >= 11 is 0. The standard InChI is InChI=1S/C18H38O2/c1-6-7-8-9-10-11-12-16(19)18(15(4)5)17(20)13-14(2)3/h14-20H,6-13H2,1-5H3. The normalized spacial score (nSPS) is 16.6. The van der Waals surface area contributed by atoms with Gasteiger partial charge >= 0.3 is 0 Å². The molecule has 0 fully saturated rings. The summed E-state index contributed by atoms with van der Waals surface area (Å²) in [6.45, 7) is 10.7. The van der Waals surface area contributed by atoms with E-state index in [-0.39, 0.29) is 18.1 Å². The first-order valence-corrected chi connectivity index (χ1v) is 8.76. The summed E-state index contributed by atoms with van der Waals surface area (Å²) in [5, 5.41) is 20.7. The van der Waals surface area contributed by atoms with Gasteiger partial charge in [-0.05, 0) is 24.7 Å². The minimum Gasteiger partial charge on any atom is -0.393 e. The Kier molecular flexibility index (Phi) is 11.5. The van der Waals surface area contributed by atoms with Crippen LogP contribution in [0.25, 0.3) is 0 Å². The van der Waals surface area contributed by atoms with Gasteiger partial charge in [0.05, 0.1) is 12.2 Å². The van der Waals surface area contributed by atoms with Crippen molar-refractivity contribution in [3.05, 3.63) is 0 Å². The zero-order valence-electron chi connectivity index (χ0n) is 14.4. The zero-order valence-corrected chi connectivity index (χ0v) is 14.4. The molecule has 0 aromatic rings. The highest BCUT2D eigenvalue weighted by atomic mass is 16.3. The first-order chi connectivity index (χ1) is 9.40. The topological polar surface area (TPSA) is 40.5 Å². The highest BCUT2D eigenvalue weighted by molar-refractivity contribution is 4.79. The molecule has 0 aliphatic rings. The lowest BCUT2D eigenvalue weighted by molar-refractivity contribution is -0.0244. The van der Waals surface area contributed by atoms with Crippen molar-refractivity contribution < 1.29 is 10.2 Å². The minimum atomic E-state index is -0.370. The predicted octanol–water partition coefficient (Wildman–Crippen LogP) is 4.78. The highest BCUT2D eigenvalue weighted by Gasteiger charge is 2.29. The second kappa shape index (κ2) is 11.6. The van der Waals surface area contributed by atoms with Gasteiger partial charge in [-0.25, -0.2) is 0 Å². The van der Waals surface area contributed by atoms with E-state index in [0.717, 1.165) is 19.3 Å². The fraction of sp³-hybridized carbons (Fsp3) is 1.00. The summed E-state index contributed by atoms with van der Waals surface area (Å²) in [4.78, 5) is 0. The van der Waals surface area contributed by atoms with Crippen molar-refractivity contribution in [1.82, 2.24) is 0 Å². The number of rotatable bonds is 12. The molecule has 0 aromatic heterocycles. The van der Waals surface area contributed by atoms with Gasteiger partial charge in [0.1, 0.15) is 0 Å². The maximum atomic E-state index is 10.4. The zero-order chi connectivity index (χ0) is 15.5. The Hall–Kier alpha value is -0.0800. The molecule has 0 heterocycles. The van der Waals surface area contributed by atoms with Crippen molar-refractivity contribution in [2.24, 2.45) is 17.8 Å². The van der Waals surface area contributed by atoms with Crippen molar-refractivity contribution in [2.45, 2.75) is 98.2 Å². The van der Waals surface area contributed by atoms with Crippen LogP contribution in [0.2, 0.25) is 0 Å². The van der Waals surface area contributed by atoms with Gasteiger partial charge in [-0.1, -0.05) is 73.1 Å². The quantitative estimate of drug-likeness (QED) is 0.507. The van der Waals surface area contributed by atoms with E-state index in [1.54, 1.807) is 0 Å². The summed E-state index contributed by atoms with van der Waals surface area (Å²) in [6, 6.07) is 0. The van der Waals surface area contributed by atoms with E-state index in [1.165, 1.54) is 32.1 Å². The molecular weight excluding hydrogens is 248 g/mol. The van der Waals surface area contributed by atoms with Gasteiger partial charge in [-0.2, -0.15) is 0 Å². The molecule has 0 saturated carbocycles. The van der Waals surface area contributed by atoms with Gasteiger partial charge in [0.15, 0.2) is 0 Å². The Balaban J connectivity index is 4.06. The molecule has 20 heavy (non-hydrogen) atoms. The number of hydrogen-bond acceptors (Lipinski definition) is 2. The van der Waals surface area contributed by atoms with Gasteiger partial charge in [-0.15, -0.1) is 0 Å². The van der Waals surface area contributed by atoms with Crippen molar-refractivity contribution in [3.63, 3.8) is 0 Å². The van der Waals surface area contributed by atoms with Crippen LogP contribution >= 0.6 is 0 Å². The van der Waals surface area contributed by atoms with Crippen molar-refractivity contribution in [3.8, 4) is 0 Å². The molecule has 0 aliphatic carbocycles. The number of hydrogen-bond donors (Lipinski definition) is 2. The van der Waals surface area contributed by atoms with Crippen LogP contribution in [0.5, 0.6) is 0 Å². The number of unbranched alkanes of at least 4 members (excludes halogenated alkanes) is 5. The van der Waals surface area contributed by atoms with Crippen molar-refractivity contribution >= 4 is 0 Å². The van der Waals surface area contributed by atoms with Gasteiger partial charge in [-0.3, -0.25) is 0 Å². The summed E-state index contributed by atoms with van der Waals surface area (Å²) in [5.41, 5.74) is 0. The molecule has 0 spiro atoms. The van der Waals surface area contributed by atoms with E-state index in [0.29, 0.717) is 11.8 Å². The fourth-order valence-electron chi connectivity index (χ4n) is 3.11. The van der Waals surface area contributed by atoms with E-state index in [1.807, 2.05) is 0 Å². The number of aliphatic hydroxyl groups is 2. The average Bonchev–Trinajstić information content (AvgIpc) is 2.32. The Labute approximate surface area is 127 Å². The van der Waals surface area contributed by atoms with Gasteiger partial charge in [0.2, 0.25) is 0 Å². The third-order valence-electron chi connectivity index (χ3n) is 4.22. The lowest BCUT2D eigenvalue weighted by Crippen LogP contribution is -2.36. The molecule has 0 saturated heterocycles. The van der Waals surface area contributed by atoms with E-state index in [4.69, 9.17) is 0 Å². The van der Waals surface area contributed by atoms with Crippen LogP contribution < -0.4 is 0 Å². The minimum absolute atomic E-state index is 0.0213. The Morgan fingerprint density at radius 3 is 1.80 bits per heavy atom. The predicted molar refractivity (Wildman–Crippen MR) is 87.8 cm³/mol. The van der Waals surface area contributed by atoms with Gasteiger partial charge < -0.3 is 10.2 Å². The SMILES string of the molecule is CCCCCCCCC(O)C(C(C)C)C(O)CC(C)C. The van der Waals surface area contributed by atoms with E-state index in [9.17, 15) is 10.2 Å². The molecule has 2 nitrogen and oxygen atoms in total. The molecule has 122 valence electrons. The third-order valence-corrected chi connectivity index (χ3v) is 4.22. The monoisotopic (exact) mass is 286 g/mol. The van der Waals surface area contributed by atoms with Gasteiger partial charge in [0.25, 0.3) is 0 Å². The molecule has 0 rings (SSSR count). The Morgan fingerprint density at radius 2 is 1.30 bits per heavy atom. The van der Waals surface area contributed by atoms with Crippen LogP contribution in [-0.4, -0.2) is 22.4 Å². The maximum absolute atomic E-state index is 10.4. The lowest BCUT2D eigenvalue weighted by Gasteiger charge is -2.32. The molecule has 0 aromatic carbocycles. The smallest absolute Gasteiger partial charge is 0.0598 e. The van der Waals surface area contributed by atoms with Crippen LogP contribution in [-0.2, 0) is 0 Å². The Bertz CT molecular complexity index is 213. The van der Waals surface area contributed by atoms with E-state index < -0.39 is 0 Å². The molecular formula is C18H38O2. The molecule has 2 N–H and O–H groups in total. The molecule has 0 radical (unpaired) electrons. The highest BCUT2D eigenvalue weighted by Crippen LogP contribution is 2.27. The molecule has 0 aliphatic heterocycles. The van der Waals surface area contributed by atoms with Crippen LogP contribution in [0, 0.1) is 17.8 Å². The number of aliphatic hydroxyl groups excluding tert-OH is 2. The second-order valence-electron chi connectivity index (χ2n) is 7.14. The third kappa shape index (κ3) is 8.97. The second-order valence-corrected chi connectivity index (χ2v) is 7.14.